The number of sulfone groups is 1. The molecule has 126 valence electrons. The number of ketones is 1. The number of carbonyl (C=O) groups is 1. The normalized spacial score (nSPS) is 12.5. The molecule has 0 N–H and O–H groups in total. The van der Waals surface area contributed by atoms with Crippen molar-refractivity contribution in [2.75, 3.05) is 0 Å². The molecule has 0 saturated heterocycles. The van der Waals surface area contributed by atoms with Crippen molar-refractivity contribution in [3.8, 4) is 0 Å². The predicted molar refractivity (Wildman–Crippen MR) is 100 cm³/mol. The van der Waals surface area contributed by atoms with Gasteiger partial charge in [-0.1, -0.05) is 0 Å². The summed E-state index contributed by atoms with van der Waals surface area (Å²) < 4.78 is 26.1. The van der Waals surface area contributed by atoms with Crippen LogP contribution in [0.15, 0.2) is 95.9 Å². The third-order valence-electron chi connectivity index (χ3n) is 3.61. The summed E-state index contributed by atoms with van der Waals surface area (Å²) in [5, 5.41) is 0. The molecule has 0 aliphatic carbocycles. The third kappa shape index (κ3) is 4.07. The minimum absolute atomic E-state index is 0.182. The van der Waals surface area contributed by atoms with E-state index in [-0.39, 0.29) is 10.7 Å². The van der Waals surface area contributed by atoms with E-state index >= 15 is 0 Å². The summed E-state index contributed by atoms with van der Waals surface area (Å²) in [5.41, 5.74) is 0.421. The molecule has 3 aromatic rings. The predicted octanol–water partition coefficient (Wildman–Crippen LogP) is 2.70. The Morgan fingerprint density at radius 1 is 0.720 bits per heavy atom. The van der Waals surface area contributed by atoms with Gasteiger partial charge in [-0.2, -0.15) is 0 Å². The van der Waals surface area contributed by atoms with Crippen molar-refractivity contribution in [1.29, 1.82) is 0 Å². The SMILES string of the molecule is O=C(c1ccccc1)[C@@H]([Se]c1ccccc1)S(=O)(=O)c1ccccc1. The minimum atomic E-state index is -3.77. The van der Waals surface area contributed by atoms with Gasteiger partial charge in [0, 0.05) is 0 Å². The molecule has 5 heteroatoms. The van der Waals surface area contributed by atoms with Crippen molar-refractivity contribution >= 4 is 35.0 Å². The fourth-order valence-corrected chi connectivity index (χ4v) is 7.44. The molecule has 0 aliphatic rings. The van der Waals surface area contributed by atoms with Gasteiger partial charge in [0.25, 0.3) is 0 Å². The quantitative estimate of drug-likeness (QED) is 0.460. The standard InChI is InChI=1S/C20H16O3SSe/c21-19(16-10-4-1-5-11-16)20(25-18-14-8-3-9-15-18)24(22,23)17-12-6-2-7-13-17/h1-15,20H/t20-/m1/s1. The maximum atomic E-state index is 13.1. The Kier molecular flexibility index (Phi) is 5.49. The van der Waals surface area contributed by atoms with Crippen molar-refractivity contribution in [3.05, 3.63) is 96.6 Å². The van der Waals surface area contributed by atoms with Gasteiger partial charge in [-0.05, 0) is 0 Å². The second kappa shape index (κ2) is 7.79. The van der Waals surface area contributed by atoms with Gasteiger partial charge in [0.2, 0.25) is 0 Å². The summed E-state index contributed by atoms with van der Waals surface area (Å²) >= 11 is -0.539. The van der Waals surface area contributed by atoms with Crippen LogP contribution in [0.4, 0.5) is 0 Å². The van der Waals surface area contributed by atoms with Gasteiger partial charge in [0.05, 0.1) is 0 Å². The van der Waals surface area contributed by atoms with E-state index in [2.05, 4.69) is 0 Å². The van der Waals surface area contributed by atoms with Gasteiger partial charge in [-0.3, -0.25) is 0 Å². The Labute approximate surface area is 153 Å². The van der Waals surface area contributed by atoms with Gasteiger partial charge >= 0.3 is 154 Å². The first-order chi connectivity index (χ1) is 12.1. The summed E-state index contributed by atoms with van der Waals surface area (Å²) in [6, 6.07) is 26.1. The zero-order chi connectivity index (χ0) is 17.7. The molecule has 0 bridgehead atoms. The second-order valence-electron chi connectivity index (χ2n) is 5.35. The van der Waals surface area contributed by atoms with Crippen LogP contribution in [0.25, 0.3) is 0 Å². The van der Waals surface area contributed by atoms with E-state index in [0.29, 0.717) is 5.56 Å². The maximum absolute atomic E-state index is 13.1. The zero-order valence-electron chi connectivity index (χ0n) is 13.3. The first-order valence-corrected chi connectivity index (χ1v) is 11.1. The first kappa shape index (κ1) is 17.6. The number of hydrogen-bond acceptors (Lipinski definition) is 3. The molecule has 3 rings (SSSR count). The average Bonchev–Trinajstić information content (AvgIpc) is 2.67. The van der Waals surface area contributed by atoms with Crippen LogP contribution in [0.2, 0.25) is 0 Å². The molecule has 0 aliphatic heterocycles. The summed E-state index contributed by atoms with van der Waals surface area (Å²) in [7, 11) is -3.77. The van der Waals surface area contributed by atoms with Crippen LogP contribution in [0, 0.1) is 0 Å². The van der Waals surface area contributed by atoms with Gasteiger partial charge < -0.3 is 0 Å². The Bertz CT molecular complexity index is 940. The van der Waals surface area contributed by atoms with Crippen molar-refractivity contribution in [2.45, 2.75) is 9.04 Å². The van der Waals surface area contributed by atoms with Crippen LogP contribution < -0.4 is 4.46 Å². The average molecular weight is 415 g/mol. The molecule has 0 heterocycles. The molecule has 0 fully saturated rings. The third-order valence-corrected chi connectivity index (χ3v) is 9.45. The summed E-state index contributed by atoms with van der Waals surface area (Å²) in [6.45, 7) is 0. The van der Waals surface area contributed by atoms with E-state index in [1.54, 1.807) is 60.7 Å². The summed E-state index contributed by atoms with van der Waals surface area (Å²) in [4.78, 5) is 13.2. The zero-order valence-corrected chi connectivity index (χ0v) is 15.8. The summed E-state index contributed by atoms with van der Waals surface area (Å²) in [5.74, 6) is -0.353. The number of carbonyl (C=O) groups excluding carboxylic acids is 1. The van der Waals surface area contributed by atoms with E-state index in [0.717, 1.165) is 4.46 Å². The molecular formula is C20H16O3SSe. The van der Waals surface area contributed by atoms with Crippen LogP contribution in [0.3, 0.4) is 0 Å². The van der Waals surface area contributed by atoms with Crippen molar-refractivity contribution in [2.24, 2.45) is 0 Å². The molecule has 25 heavy (non-hydrogen) atoms. The van der Waals surface area contributed by atoms with Gasteiger partial charge in [0.1, 0.15) is 0 Å². The molecule has 0 aromatic heterocycles. The van der Waals surface area contributed by atoms with E-state index in [9.17, 15) is 13.2 Å². The van der Waals surface area contributed by atoms with Crippen molar-refractivity contribution in [3.63, 3.8) is 0 Å². The van der Waals surface area contributed by atoms with Gasteiger partial charge in [-0.25, -0.2) is 0 Å². The second-order valence-corrected chi connectivity index (χ2v) is 10.5. The Hall–Kier alpha value is -2.20. The molecule has 0 unspecified atom stereocenters. The van der Waals surface area contributed by atoms with Gasteiger partial charge in [-0.15, -0.1) is 0 Å². The molecule has 1 atom stereocenters. The van der Waals surface area contributed by atoms with Crippen molar-refractivity contribution in [1.82, 2.24) is 0 Å². The Balaban J connectivity index is 2.04. The molecule has 0 saturated carbocycles. The molecule has 0 amide bonds. The molecule has 3 nitrogen and oxygen atoms in total. The van der Waals surface area contributed by atoms with E-state index < -0.39 is 28.9 Å². The van der Waals surface area contributed by atoms with Crippen LogP contribution in [0.1, 0.15) is 10.4 Å². The number of benzene rings is 3. The molecular weight excluding hydrogens is 399 g/mol. The fourth-order valence-electron chi connectivity index (χ4n) is 2.35. The number of hydrogen-bond donors (Lipinski definition) is 0. The van der Waals surface area contributed by atoms with E-state index in [4.69, 9.17) is 0 Å². The fraction of sp³-hybridized carbons (Fsp3) is 0.0500. The van der Waals surface area contributed by atoms with Gasteiger partial charge in [0.15, 0.2) is 0 Å². The number of rotatable bonds is 6. The topological polar surface area (TPSA) is 51.2 Å². The first-order valence-electron chi connectivity index (χ1n) is 7.69. The monoisotopic (exact) mass is 416 g/mol. The van der Waals surface area contributed by atoms with E-state index in [1.165, 1.54) is 0 Å². The Morgan fingerprint density at radius 2 is 1.20 bits per heavy atom. The van der Waals surface area contributed by atoms with Crippen LogP contribution in [0.5, 0.6) is 0 Å². The van der Waals surface area contributed by atoms with Crippen molar-refractivity contribution < 1.29 is 13.2 Å². The van der Waals surface area contributed by atoms with E-state index in [1.807, 2.05) is 30.3 Å². The molecule has 3 aromatic carbocycles. The Morgan fingerprint density at radius 3 is 1.76 bits per heavy atom. The van der Waals surface area contributed by atoms with Crippen LogP contribution >= 0.6 is 0 Å². The van der Waals surface area contributed by atoms with Crippen LogP contribution in [-0.2, 0) is 9.84 Å². The molecule has 0 radical (unpaired) electrons. The molecule has 0 spiro atoms. The summed E-state index contributed by atoms with van der Waals surface area (Å²) in [6.07, 6.45) is 0. The number of Topliss-reactive ketones (excluding diaryl/α,β-unsaturated/α-hetero) is 1. The van der Waals surface area contributed by atoms with Crippen LogP contribution in [-0.4, -0.2) is 33.3 Å².